The molecule has 4 nitrogen and oxygen atoms in total. The molecule has 1 N–H and O–H groups in total. The number of hydrogen-bond acceptors (Lipinski definition) is 3. The fraction of sp³-hybridized carbons (Fsp3) is 0.143. The molecule has 130 valence electrons. The average molecular weight is 409 g/mol. The van der Waals surface area contributed by atoms with Crippen LogP contribution in [0.15, 0.2) is 80.7 Å². The van der Waals surface area contributed by atoms with Crippen LogP contribution in [0.25, 0.3) is 11.3 Å². The molecule has 26 heavy (non-hydrogen) atoms. The number of amides is 1. The highest BCUT2D eigenvalue weighted by Gasteiger charge is 2.43. The van der Waals surface area contributed by atoms with E-state index in [1.54, 1.807) is 0 Å². The Bertz CT molecular complexity index is 932. The van der Waals surface area contributed by atoms with E-state index in [1.165, 1.54) is 11.8 Å². The zero-order valence-corrected chi connectivity index (χ0v) is 15.5. The highest BCUT2D eigenvalue weighted by atomic mass is 79.9. The molecule has 2 aromatic carbocycles. The Kier molecular flexibility index (Phi) is 4.71. The fourth-order valence-corrected chi connectivity index (χ4v) is 3.25. The van der Waals surface area contributed by atoms with Crippen LogP contribution < -0.4 is 5.43 Å². The summed E-state index contributed by atoms with van der Waals surface area (Å²) in [5, 5.41) is 4.03. The molecule has 3 aromatic rings. The van der Waals surface area contributed by atoms with E-state index < -0.39 is 0 Å². The lowest BCUT2D eigenvalue weighted by Crippen LogP contribution is -2.20. The van der Waals surface area contributed by atoms with Crippen molar-refractivity contribution in [2.45, 2.75) is 12.3 Å². The van der Waals surface area contributed by atoms with Gasteiger partial charge in [0.1, 0.15) is 11.5 Å². The molecular formula is C21H17BrN2O2. The predicted molar refractivity (Wildman–Crippen MR) is 105 cm³/mol. The minimum Gasteiger partial charge on any atom is -0.455 e. The molecule has 4 rings (SSSR count). The van der Waals surface area contributed by atoms with E-state index in [2.05, 4.69) is 38.6 Å². The van der Waals surface area contributed by atoms with Crippen LogP contribution in [-0.2, 0) is 4.79 Å². The zero-order chi connectivity index (χ0) is 17.9. The third kappa shape index (κ3) is 3.78. The fourth-order valence-electron chi connectivity index (χ4n) is 2.99. The Morgan fingerprint density at radius 3 is 2.62 bits per heavy atom. The Morgan fingerprint density at radius 1 is 1.08 bits per heavy atom. The largest absolute Gasteiger partial charge is 0.455 e. The van der Waals surface area contributed by atoms with Crippen LogP contribution in [0.5, 0.6) is 0 Å². The lowest BCUT2D eigenvalue weighted by atomic mass is 10.1. The summed E-state index contributed by atoms with van der Waals surface area (Å²) in [7, 11) is 0. The lowest BCUT2D eigenvalue weighted by molar-refractivity contribution is -0.122. The summed E-state index contributed by atoms with van der Waals surface area (Å²) in [5.74, 6) is 1.62. The number of carbonyl (C=O) groups excluding carboxylic acids is 1. The first-order valence-electron chi connectivity index (χ1n) is 8.44. The number of hydrazone groups is 1. The topological polar surface area (TPSA) is 54.6 Å². The van der Waals surface area contributed by atoms with E-state index in [-0.39, 0.29) is 11.8 Å². The second kappa shape index (κ2) is 7.30. The van der Waals surface area contributed by atoms with Gasteiger partial charge in [-0.1, -0.05) is 58.4 Å². The smallest absolute Gasteiger partial charge is 0.243 e. The second-order valence-electron chi connectivity index (χ2n) is 6.30. The Balaban J connectivity index is 1.33. The summed E-state index contributed by atoms with van der Waals surface area (Å²) in [6.07, 6.45) is 2.40. The number of nitrogens with zero attached hydrogens (tertiary/aromatic N) is 1. The van der Waals surface area contributed by atoms with Crippen LogP contribution in [0, 0.1) is 5.92 Å². The Morgan fingerprint density at radius 2 is 1.85 bits per heavy atom. The molecular weight excluding hydrogens is 392 g/mol. The standard InChI is InChI=1S/C21H17BrN2O2/c22-16-8-6-15(7-9-16)20-11-10-17(26-20)13-23-24-21(25)19-12-18(19)14-4-2-1-3-5-14/h1-11,13,18-19H,12H2,(H,24,25)/t18-,19+/m0/s1. The first kappa shape index (κ1) is 16.8. The minimum absolute atomic E-state index is 0.00415. The van der Waals surface area contributed by atoms with Gasteiger partial charge in [0.05, 0.1) is 6.21 Å². The van der Waals surface area contributed by atoms with Crippen molar-refractivity contribution >= 4 is 28.1 Å². The lowest BCUT2D eigenvalue weighted by Gasteiger charge is -1.99. The molecule has 1 aliphatic rings. The molecule has 1 saturated carbocycles. The molecule has 1 aliphatic carbocycles. The maximum atomic E-state index is 12.2. The maximum absolute atomic E-state index is 12.2. The summed E-state index contributed by atoms with van der Waals surface area (Å²) in [5.41, 5.74) is 4.81. The molecule has 0 aliphatic heterocycles. The van der Waals surface area contributed by atoms with E-state index in [1.807, 2.05) is 54.6 Å². The number of halogens is 1. The van der Waals surface area contributed by atoms with Crippen molar-refractivity contribution in [2.75, 3.05) is 0 Å². The third-order valence-electron chi connectivity index (χ3n) is 4.48. The second-order valence-corrected chi connectivity index (χ2v) is 7.22. The van der Waals surface area contributed by atoms with Gasteiger partial charge in [-0.2, -0.15) is 5.10 Å². The number of benzene rings is 2. The van der Waals surface area contributed by atoms with Gasteiger partial charge in [0.15, 0.2) is 0 Å². The summed E-state index contributed by atoms with van der Waals surface area (Å²) in [4.78, 5) is 12.2. The van der Waals surface area contributed by atoms with Crippen molar-refractivity contribution in [3.63, 3.8) is 0 Å². The molecule has 0 saturated heterocycles. The van der Waals surface area contributed by atoms with Crippen LogP contribution in [-0.4, -0.2) is 12.1 Å². The van der Waals surface area contributed by atoms with Crippen LogP contribution in [0.2, 0.25) is 0 Å². The molecule has 0 bridgehead atoms. The quantitative estimate of drug-likeness (QED) is 0.478. The van der Waals surface area contributed by atoms with Gasteiger partial charge in [-0.25, -0.2) is 5.43 Å². The number of nitrogens with one attached hydrogen (secondary N) is 1. The molecule has 0 unspecified atom stereocenters. The Labute approximate surface area is 160 Å². The molecule has 0 radical (unpaired) electrons. The number of furan rings is 1. The van der Waals surface area contributed by atoms with Gasteiger partial charge >= 0.3 is 0 Å². The zero-order valence-electron chi connectivity index (χ0n) is 13.9. The maximum Gasteiger partial charge on any atom is 0.243 e. The first-order valence-corrected chi connectivity index (χ1v) is 9.23. The summed E-state index contributed by atoms with van der Waals surface area (Å²) >= 11 is 3.41. The predicted octanol–water partition coefficient (Wildman–Crippen LogP) is 4.96. The minimum atomic E-state index is -0.0465. The van der Waals surface area contributed by atoms with Crippen molar-refractivity contribution in [3.8, 4) is 11.3 Å². The van der Waals surface area contributed by atoms with Crippen LogP contribution in [0.3, 0.4) is 0 Å². The van der Waals surface area contributed by atoms with E-state index in [9.17, 15) is 4.79 Å². The monoisotopic (exact) mass is 408 g/mol. The molecule has 1 amide bonds. The van der Waals surface area contributed by atoms with Gasteiger partial charge in [-0.15, -0.1) is 0 Å². The van der Waals surface area contributed by atoms with Crippen molar-refractivity contribution in [3.05, 3.63) is 82.5 Å². The number of hydrogen-bond donors (Lipinski definition) is 1. The molecule has 1 aromatic heterocycles. The third-order valence-corrected chi connectivity index (χ3v) is 5.01. The average Bonchev–Trinajstić information content (AvgIpc) is 3.34. The van der Waals surface area contributed by atoms with Gasteiger partial charge in [-0.3, -0.25) is 4.79 Å². The van der Waals surface area contributed by atoms with E-state index in [0.29, 0.717) is 11.7 Å². The highest BCUT2D eigenvalue weighted by Crippen LogP contribution is 2.47. The molecule has 5 heteroatoms. The summed E-state index contributed by atoms with van der Waals surface area (Å²) < 4.78 is 6.76. The van der Waals surface area contributed by atoms with Gasteiger partial charge in [0.25, 0.3) is 0 Å². The highest BCUT2D eigenvalue weighted by molar-refractivity contribution is 9.10. The van der Waals surface area contributed by atoms with Crippen LogP contribution >= 0.6 is 15.9 Å². The van der Waals surface area contributed by atoms with Crippen molar-refractivity contribution in [1.82, 2.24) is 5.43 Å². The normalized spacial score (nSPS) is 18.8. The van der Waals surface area contributed by atoms with E-state index in [4.69, 9.17) is 4.42 Å². The first-order chi connectivity index (χ1) is 12.7. The molecule has 1 fully saturated rings. The van der Waals surface area contributed by atoms with E-state index in [0.717, 1.165) is 22.2 Å². The molecule has 2 atom stereocenters. The van der Waals surface area contributed by atoms with Gasteiger partial charge in [0, 0.05) is 16.0 Å². The van der Waals surface area contributed by atoms with Crippen LogP contribution in [0.4, 0.5) is 0 Å². The van der Waals surface area contributed by atoms with E-state index >= 15 is 0 Å². The Hall–Kier alpha value is -2.66. The van der Waals surface area contributed by atoms with Gasteiger partial charge in [0.2, 0.25) is 5.91 Å². The molecule has 1 heterocycles. The number of rotatable bonds is 5. The number of carbonyl (C=O) groups is 1. The van der Waals surface area contributed by atoms with Gasteiger partial charge in [-0.05, 0) is 42.2 Å². The van der Waals surface area contributed by atoms with Crippen LogP contribution in [0.1, 0.15) is 23.7 Å². The summed E-state index contributed by atoms with van der Waals surface area (Å²) in [6.45, 7) is 0. The molecule has 0 spiro atoms. The summed E-state index contributed by atoms with van der Waals surface area (Å²) in [6, 6.07) is 21.7. The van der Waals surface area contributed by atoms with Crippen molar-refractivity contribution in [2.24, 2.45) is 11.0 Å². The van der Waals surface area contributed by atoms with Gasteiger partial charge < -0.3 is 4.42 Å². The SMILES string of the molecule is O=C(NN=Cc1ccc(-c2ccc(Br)cc2)o1)[C@@H]1C[C@H]1c1ccccc1. The van der Waals surface area contributed by atoms with Crippen molar-refractivity contribution < 1.29 is 9.21 Å². The van der Waals surface area contributed by atoms with Crippen molar-refractivity contribution in [1.29, 1.82) is 0 Å².